The number of imide groups is 1. The number of anilines is 1. The maximum absolute atomic E-state index is 12.6. The van der Waals surface area contributed by atoms with E-state index in [1.807, 2.05) is 16.9 Å². The normalized spacial score (nSPS) is 27.3. The third-order valence-electron chi connectivity index (χ3n) is 5.59. The number of carbonyl (C=O) groups excluding carboxylic acids is 4. The summed E-state index contributed by atoms with van der Waals surface area (Å²) in [4.78, 5) is 49.4. The Bertz CT molecular complexity index is 1020. The molecular formula is C19H19N3O6S. The van der Waals surface area contributed by atoms with Crippen molar-refractivity contribution in [2.24, 2.45) is 23.7 Å². The molecule has 4 rings (SSSR count). The van der Waals surface area contributed by atoms with Crippen molar-refractivity contribution in [1.29, 1.82) is 0 Å². The van der Waals surface area contributed by atoms with Crippen molar-refractivity contribution in [3.63, 3.8) is 0 Å². The van der Waals surface area contributed by atoms with Crippen LogP contribution in [-0.2, 0) is 29.2 Å². The molecule has 0 radical (unpaired) electrons. The molecule has 0 spiro atoms. The first-order valence-electron chi connectivity index (χ1n) is 9.14. The van der Waals surface area contributed by atoms with Crippen LogP contribution in [0.4, 0.5) is 5.69 Å². The summed E-state index contributed by atoms with van der Waals surface area (Å²) in [7, 11) is -3.97. The number of hydrogen-bond donors (Lipinski definition) is 2. The number of nitrogens with one attached hydrogen (secondary N) is 2. The zero-order valence-corrected chi connectivity index (χ0v) is 16.3. The van der Waals surface area contributed by atoms with Crippen molar-refractivity contribution in [1.82, 2.24) is 9.62 Å². The molecule has 2 aliphatic carbocycles. The number of fused-ring (bicyclic) bond motifs is 5. The second kappa shape index (κ2) is 6.80. The van der Waals surface area contributed by atoms with Crippen molar-refractivity contribution in [3.05, 3.63) is 36.4 Å². The van der Waals surface area contributed by atoms with Gasteiger partial charge >= 0.3 is 0 Å². The highest BCUT2D eigenvalue weighted by atomic mass is 32.2. The van der Waals surface area contributed by atoms with E-state index in [1.54, 1.807) is 0 Å². The lowest BCUT2D eigenvalue weighted by atomic mass is 9.85. The number of allylic oxidation sites excluding steroid dienone is 2. The Morgan fingerprint density at radius 1 is 1.03 bits per heavy atom. The van der Waals surface area contributed by atoms with Crippen LogP contribution in [0.25, 0.3) is 0 Å². The van der Waals surface area contributed by atoms with Gasteiger partial charge in [-0.05, 0) is 42.5 Å². The van der Waals surface area contributed by atoms with Gasteiger partial charge in [-0.15, -0.1) is 0 Å². The van der Waals surface area contributed by atoms with E-state index in [0.29, 0.717) is 5.69 Å². The molecule has 1 saturated heterocycles. The predicted octanol–water partition coefficient (Wildman–Crippen LogP) is 0.257. The fourth-order valence-corrected chi connectivity index (χ4v) is 5.42. The van der Waals surface area contributed by atoms with Crippen LogP contribution < -0.4 is 10.0 Å². The number of rotatable bonds is 5. The van der Waals surface area contributed by atoms with E-state index in [4.69, 9.17) is 0 Å². The van der Waals surface area contributed by atoms with Gasteiger partial charge in [-0.1, -0.05) is 12.2 Å². The maximum atomic E-state index is 12.6. The van der Waals surface area contributed by atoms with Crippen LogP contribution in [0.15, 0.2) is 41.3 Å². The Balaban J connectivity index is 1.40. The van der Waals surface area contributed by atoms with E-state index >= 15 is 0 Å². The molecule has 10 heteroatoms. The summed E-state index contributed by atoms with van der Waals surface area (Å²) in [5, 5.41) is 2.55. The lowest BCUT2D eigenvalue weighted by molar-refractivity contribution is -0.143. The maximum Gasteiger partial charge on any atom is 0.264 e. The van der Waals surface area contributed by atoms with Crippen LogP contribution in [0.2, 0.25) is 0 Å². The number of sulfonamides is 1. The Labute approximate surface area is 167 Å². The fourth-order valence-electron chi connectivity index (χ4n) is 4.43. The van der Waals surface area contributed by atoms with Gasteiger partial charge < -0.3 is 5.32 Å². The Kier molecular flexibility index (Phi) is 4.53. The molecule has 1 aromatic carbocycles. The average molecular weight is 417 g/mol. The molecule has 152 valence electrons. The van der Waals surface area contributed by atoms with Crippen molar-refractivity contribution in [2.45, 2.75) is 18.2 Å². The summed E-state index contributed by atoms with van der Waals surface area (Å²) in [6.07, 6.45) is 4.79. The highest BCUT2D eigenvalue weighted by Gasteiger charge is 2.59. The van der Waals surface area contributed by atoms with Gasteiger partial charge in [-0.25, -0.2) is 13.1 Å². The van der Waals surface area contributed by atoms with Crippen LogP contribution in [0.1, 0.15) is 13.3 Å². The molecule has 1 aliphatic heterocycles. The monoisotopic (exact) mass is 417 g/mol. The summed E-state index contributed by atoms with van der Waals surface area (Å²) in [6, 6.07) is 5.19. The van der Waals surface area contributed by atoms with E-state index in [-0.39, 0.29) is 46.9 Å². The number of hydrogen-bond acceptors (Lipinski definition) is 6. The van der Waals surface area contributed by atoms with Crippen molar-refractivity contribution in [2.75, 3.05) is 11.9 Å². The molecule has 1 saturated carbocycles. The van der Waals surface area contributed by atoms with Gasteiger partial charge in [0, 0.05) is 12.6 Å². The second-order valence-corrected chi connectivity index (χ2v) is 9.18. The number of likely N-dealkylation sites (tertiary alicyclic amines) is 1. The fraction of sp³-hybridized carbons (Fsp3) is 0.368. The Hall–Kier alpha value is -3.01. The first-order valence-corrected chi connectivity index (χ1v) is 10.6. The average Bonchev–Trinajstić information content (AvgIpc) is 3.31. The second-order valence-electron chi connectivity index (χ2n) is 7.50. The van der Waals surface area contributed by atoms with Crippen molar-refractivity contribution < 1.29 is 27.6 Å². The van der Waals surface area contributed by atoms with Gasteiger partial charge in [0.25, 0.3) is 10.0 Å². The molecule has 29 heavy (non-hydrogen) atoms. The molecule has 4 amide bonds. The van der Waals surface area contributed by atoms with Gasteiger partial charge in [-0.3, -0.25) is 24.1 Å². The molecule has 0 unspecified atom stereocenters. The standard InChI is InChI=1S/C19H19N3O6S/c1-10(23)21-29(27,28)14-6-4-13(5-7-14)20-15(24)9-22-18(25)16-11-2-3-12(8-11)17(16)19(22)26/h2-7,11-12,16-17H,8-9H2,1H3,(H,20,24)(H,21,23)/t11-,12-,16-,17-/m0/s1. The minimum Gasteiger partial charge on any atom is -0.325 e. The predicted molar refractivity (Wildman–Crippen MR) is 101 cm³/mol. The molecule has 4 atom stereocenters. The zero-order chi connectivity index (χ0) is 20.9. The van der Waals surface area contributed by atoms with E-state index in [2.05, 4.69) is 5.32 Å². The minimum absolute atomic E-state index is 0.0765. The third kappa shape index (κ3) is 3.33. The zero-order valence-electron chi connectivity index (χ0n) is 15.5. The topological polar surface area (TPSA) is 130 Å². The van der Waals surface area contributed by atoms with Gasteiger partial charge in [-0.2, -0.15) is 0 Å². The highest BCUT2D eigenvalue weighted by Crippen LogP contribution is 2.52. The van der Waals surface area contributed by atoms with E-state index < -0.39 is 21.8 Å². The molecule has 1 aromatic rings. The smallest absolute Gasteiger partial charge is 0.264 e. The molecule has 0 aromatic heterocycles. The number of benzene rings is 1. The third-order valence-corrected chi connectivity index (χ3v) is 7.04. The van der Waals surface area contributed by atoms with E-state index in [9.17, 15) is 27.6 Å². The van der Waals surface area contributed by atoms with Gasteiger partial charge in [0.1, 0.15) is 6.54 Å². The van der Waals surface area contributed by atoms with Crippen LogP contribution in [0, 0.1) is 23.7 Å². The molecular weight excluding hydrogens is 398 g/mol. The molecule has 2 fully saturated rings. The van der Waals surface area contributed by atoms with Crippen molar-refractivity contribution in [3.8, 4) is 0 Å². The molecule has 1 heterocycles. The number of amides is 4. The summed E-state index contributed by atoms with van der Waals surface area (Å²) in [5.41, 5.74) is 0.304. The van der Waals surface area contributed by atoms with Gasteiger partial charge in [0.2, 0.25) is 23.6 Å². The largest absolute Gasteiger partial charge is 0.325 e. The summed E-state index contributed by atoms with van der Waals surface area (Å²) in [6.45, 7) is 0.707. The summed E-state index contributed by atoms with van der Waals surface area (Å²) >= 11 is 0. The molecule has 2 N–H and O–H groups in total. The quantitative estimate of drug-likeness (QED) is 0.522. The van der Waals surface area contributed by atoms with E-state index in [1.165, 1.54) is 24.3 Å². The van der Waals surface area contributed by atoms with Gasteiger partial charge in [0.05, 0.1) is 16.7 Å². The first kappa shape index (κ1) is 19.3. The Morgan fingerprint density at radius 3 is 2.10 bits per heavy atom. The Morgan fingerprint density at radius 2 is 1.59 bits per heavy atom. The molecule has 3 aliphatic rings. The van der Waals surface area contributed by atoms with Gasteiger partial charge in [0.15, 0.2) is 0 Å². The lowest BCUT2D eigenvalue weighted by Crippen LogP contribution is -2.39. The highest BCUT2D eigenvalue weighted by molar-refractivity contribution is 7.90. The van der Waals surface area contributed by atoms with Crippen molar-refractivity contribution >= 4 is 39.3 Å². The minimum atomic E-state index is -3.97. The number of nitrogens with zero attached hydrogens (tertiary/aromatic N) is 1. The summed E-state index contributed by atoms with van der Waals surface area (Å²) in [5.74, 6) is -2.43. The van der Waals surface area contributed by atoms with Crippen LogP contribution in [-0.4, -0.2) is 43.5 Å². The van der Waals surface area contributed by atoms with Crippen LogP contribution >= 0.6 is 0 Å². The van der Waals surface area contributed by atoms with Crippen LogP contribution in [0.5, 0.6) is 0 Å². The SMILES string of the molecule is CC(=O)NS(=O)(=O)c1ccc(NC(=O)CN2C(=O)[C@@H]3[C@@H](C2=O)[C@H]2C=C[C@H]3C2)cc1. The van der Waals surface area contributed by atoms with Crippen LogP contribution in [0.3, 0.4) is 0 Å². The molecule has 9 nitrogen and oxygen atoms in total. The van der Waals surface area contributed by atoms with E-state index in [0.717, 1.165) is 18.2 Å². The number of carbonyl (C=O) groups is 4. The lowest BCUT2D eigenvalue weighted by Gasteiger charge is -2.17. The molecule has 2 bridgehead atoms. The first-order chi connectivity index (χ1) is 13.7. The summed E-state index contributed by atoms with van der Waals surface area (Å²) < 4.78 is 25.7.